The monoisotopic (exact) mass is 486 g/mol. The fraction of sp³-hybridized carbons (Fsp3) is 0.333. The first kappa shape index (κ1) is 24.0. The number of aromatic hydroxyl groups is 1. The SMILES string of the molecule is COc1cc2c(cc1OC)C1C(=O)c3c(O)cc4c(c3OC1CO2)C=CC(C)(C)O4.NC(=O)NO. The van der Waals surface area contributed by atoms with Gasteiger partial charge in [-0.15, -0.1) is 0 Å². The van der Waals surface area contributed by atoms with Crippen LogP contribution in [0.5, 0.6) is 34.5 Å². The molecular formula is C24H26N2O9. The first-order valence-electron chi connectivity index (χ1n) is 10.7. The Morgan fingerprint density at radius 3 is 2.46 bits per heavy atom. The standard InChI is InChI=1S/C23H22O7.CH4N2O2/c1-23(2)6-5-11-15(30-23)8-13(24)20-21(25)19-12-7-16(26-3)17(27-4)9-14(12)28-10-18(19)29-22(11)20;2-1(4)3-5/h5-9,18-19,24H,10H2,1-4H3;5H,(H3,2,3,4). The van der Waals surface area contributed by atoms with E-state index in [0.29, 0.717) is 39.9 Å². The van der Waals surface area contributed by atoms with E-state index in [1.165, 1.54) is 18.7 Å². The van der Waals surface area contributed by atoms with Crippen LogP contribution in [0.4, 0.5) is 4.79 Å². The Morgan fingerprint density at radius 2 is 1.83 bits per heavy atom. The average Bonchev–Trinajstić information content (AvgIpc) is 2.82. The van der Waals surface area contributed by atoms with Crippen molar-refractivity contribution in [3.8, 4) is 34.5 Å². The third-order valence-electron chi connectivity index (χ3n) is 5.82. The van der Waals surface area contributed by atoms with Crippen LogP contribution in [0.25, 0.3) is 6.08 Å². The number of nitrogens with two attached hydrogens (primary N) is 1. The number of hydroxylamine groups is 1. The minimum atomic E-state index is -0.940. The quantitative estimate of drug-likeness (QED) is 0.370. The van der Waals surface area contributed by atoms with Crippen LogP contribution in [-0.4, -0.2) is 54.7 Å². The number of rotatable bonds is 2. The molecule has 11 heteroatoms. The highest BCUT2D eigenvalue weighted by atomic mass is 16.5. The molecular weight excluding hydrogens is 460 g/mol. The van der Waals surface area contributed by atoms with Crippen molar-refractivity contribution in [3.63, 3.8) is 0 Å². The third kappa shape index (κ3) is 4.26. The fourth-order valence-corrected chi connectivity index (χ4v) is 4.27. The van der Waals surface area contributed by atoms with Gasteiger partial charge in [-0.1, -0.05) is 0 Å². The molecule has 3 heterocycles. The van der Waals surface area contributed by atoms with Gasteiger partial charge in [0.2, 0.25) is 0 Å². The molecule has 2 atom stereocenters. The van der Waals surface area contributed by atoms with Crippen molar-refractivity contribution < 1.29 is 43.6 Å². The molecule has 3 aliphatic rings. The van der Waals surface area contributed by atoms with Gasteiger partial charge in [-0.2, -0.15) is 0 Å². The summed E-state index contributed by atoms with van der Waals surface area (Å²) in [6.45, 7) is 4.02. The number of hydrogen-bond donors (Lipinski definition) is 4. The number of ketones is 1. The molecule has 0 radical (unpaired) electrons. The molecule has 2 aromatic carbocycles. The zero-order chi connectivity index (χ0) is 25.5. The van der Waals surface area contributed by atoms with Crippen molar-refractivity contribution in [1.29, 1.82) is 0 Å². The summed E-state index contributed by atoms with van der Waals surface area (Å²) in [5.74, 6) is 1.34. The first-order chi connectivity index (χ1) is 16.6. The average molecular weight is 486 g/mol. The number of amides is 2. The minimum absolute atomic E-state index is 0.158. The first-order valence-corrected chi connectivity index (χ1v) is 10.7. The van der Waals surface area contributed by atoms with E-state index < -0.39 is 23.7 Å². The number of nitrogens with one attached hydrogen (secondary N) is 1. The van der Waals surface area contributed by atoms with Crippen LogP contribution >= 0.6 is 0 Å². The molecule has 2 unspecified atom stereocenters. The molecule has 0 fully saturated rings. The second kappa shape index (κ2) is 8.91. The maximum absolute atomic E-state index is 13.6. The lowest BCUT2D eigenvalue weighted by Crippen LogP contribution is -2.43. The normalized spacial score (nSPS) is 20.1. The number of primary amides is 1. The Balaban J connectivity index is 0.000000527. The second-order valence-corrected chi connectivity index (χ2v) is 8.58. The van der Waals surface area contributed by atoms with Gasteiger partial charge in [0.25, 0.3) is 0 Å². The molecule has 5 rings (SSSR count). The maximum atomic E-state index is 13.6. The number of phenolic OH excluding ortho intramolecular Hbond substituents is 1. The van der Waals surface area contributed by atoms with Gasteiger partial charge in [0.1, 0.15) is 46.9 Å². The van der Waals surface area contributed by atoms with Gasteiger partial charge in [-0.25, -0.2) is 10.3 Å². The molecule has 35 heavy (non-hydrogen) atoms. The van der Waals surface area contributed by atoms with E-state index in [4.69, 9.17) is 28.9 Å². The Labute approximate surface area is 200 Å². The van der Waals surface area contributed by atoms with Gasteiger partial charge in [0.05, 0.1) is 25.7 Å². The highest BCUT2D eigenvalue weighted by Gasteiger charge is 2.46. The lowest BCUT2D eigenvalue weighted by molar-refractivity contribution is 0.0547. The van der Waals surface area contributed by atoms with Crippen molar-refractivity contribution in [2.45, 2.75) is 31.5 Å². The van der Waals surface area contributed by atoms with Crippen molar-refractivity contribution in [2.24, 2.45) is 5.73 Å². The van der Waals surface area contributed by atoms with Crippen molar-refractivity contribution >= 4 is 17.9 Å². The Morgan fingerprint density at radius 1 is 1.17 bits per heavy atom. The number of carbonyl (C=O) groups excluding carboxylic acids is 2. The van der Waals surface area contributed by atoms with E-state index >= 15 is 0 Å². The summed E-state index contributed by atoms with van der Waals surface area (Å²) in [4.78, 5) is 22.8. The van der Waals surface area contributed by atoms with Crippen LogP contribution in [0, 0.1) is 0 Å². The number of ether oxygens (including phenoxy) is 5. The molecule has 3 aliphatic heterocycles. The van der Waals surface area contributed by atoms with E-state index in [1.54, 1.807) is 19.2 Å². The number of Topliss-reactive ketones (excluding diaryl/α,β-unsaturated/α-hetero) is 1. The number of carbonyl (C=O) groups is 2. The summed E-state index contributed by atoms with van der Waals surface area (Å²) in [5.41, 5.74) is 6.39. The number of hydrogen-bond acceptors (Lipinski definition) is 9. The van der Waals surface area contributed by atoms with Crippen LogP contribution in [0.3, 0.4) is 0 Å². The topological polar surface area (TPSA) is 159 Å². The third-order valence-corrected chi connectivity index (χ3v) is 5.82. The molecule has 0 saturated heterocycles. The molecule has 0 aliphatic carbocycles. The summed E-state index contributed by atoms with van der Waals surface area (Å²) in [6.07, 6.45) is 3.23. The van der Waals surface area contributed by atoms with Crippen molar-refractivity contribution in [2.75, 3.05) is 20.8 Å². The van der Waals surface area contributed by atoms with Crippen LogP contribution in [-0.2, 0) is 0 Å². The maximum Gasteiger partial charge on any atom is 0.335 e. The van der Waals surface area contributed by atoms with Gasteiger partial charge in [0, 0.05) is 17.7 Å². The summed E-state index contributed by atoms with van der Waals surface area (Å²) < 4.78 is 28.8. The van der Waals surface area contributed by atoms with Crippen LogP contribution in [0.2, 0.25) is 0 Å². The van der Waals surface area contributed by atoms with E-state index in [1.807, 2.05) is 26.0 Å². The molecule has 0 spiro atoms. The Kier molecular flexibility index (Phi) is 6.12. The van der Waals surface area contributed by atoms with Crippen molar-refractivity contribution in [3.05, 3.63) is 41.0 Å². The summed E-state index contributed by atoms with van der Waals surface area (Å²) in [6, 6.07) is 3.98. The smallest absolute Gasteiger partial charge is 0.335 e. The van der Waals surface area contributed by atoms with Gasteiger partial charge in [-0.05, 0) is 32.1 Å². The molecule has 11 nitrogen and oxygen atoms in total. The summed E-state index contributed by atoms with van der Waals surface area (Å²) >= 11 is 0. The van der Waals surface area contributed by atoms with Crippen LogP contribution < -0.4 is 34.9 Å². The Bertz CT molecular complexity index is 1220. The Hall–Kier alpha value is -4.12. The molecule has 2 aromatic rings. The van der Waals surface area contributed by atoms with Gasteiger partial charge < -0.3 is 34.5 Å². The number of methoxy groups -OCH3 is 2. The predicted molar refractivity (Wildman–Crippen MR) is 123 cm³/mol. The number of fused-ring (bicyclic) bond motifs is 6. The van der Waals surface area contributed by atoms with E-state index in [0.717, 1.165) is 0 Å². The minimum Gasteiger partial charge on any atom is -0.507 e. The summed E-state index contributed by atoms with van der Waals surface area (Å²) in [7, 11) is 3.07. The molecule has 186 valence electrons. The number of phenols is 1. The highest BCUT2D eigenvalue weighted by Crippen LogP contribution is 2.52. The molecule has 0 aromatic heterocycles. The lowest BCUT2D eigenvalue weighted by atomic mass is 9.80. The highest BCUT2D eigenvalue weighted by molar-refractivity contribution is 6.08. The second-order valence-electron chi connectivity index (χ2n) is 8.58. The van der Waals surface area contributed by atoms with E-state index in [9.17, 15) is 14.7 Å². The zero-order valence-electron chi connectivity index (χ0n) is 19.6. The lowest BCUT2D eigenvalue weighted by Gasteiger charge is -2.39. The largest absolute Gasteiger partial charge is 0.507 e. The van der Waals surface area contributed by atoms with E-state index in [2.05, 4.69) is 5.73 Å². The van der Waals surface area contributed by atoms with Crippen LogP contribution in [0.15, 0.2) is 24.3 Å². The fourth-order valence-electron chi connectivity index (χ4n) is 4.27. The van der Waals surface area contributed by atoms with Gasteiger partial charge in [-0.3, -0.25) is 10.0 Å². The zero-order valence-corrected chi connectivity index (χ0v) is 19.6. The predicted octanol–water partition coefficient (Wildman–Crippen LogP) is 2.76. The van der Waals surface area contributed by atoms with Crippen molar-refractivity contribution in [1.82, 2.24) is 5.48 Å². The van der Waals surface area contributed by atoms with Crippen LogP contribution in [0.1, 0.15) is 41.3 Å². The molecule has 0 saturated carbocycles. The molecule has 5 N–H and O–H groups in total. The number of urea groups is 1. The molecule has 2 amide bonds. The number of benzene rings is 2. The molecule has 0 bridgehead atoms. The van der Waals surface area contributed by atoms with Gasteiger partial charge in [0.15, 0.2) is 17.3 Å². The van der Waals surface area contributed by atoms with Gasteiger partial charge >= 0.3 is 6.03 Å². The van der Waals surface area contributed by atoms with E-state index in [-0.39, 0.29) is 23.7 Å². The summed E-state index contributed by atoms with van der Waals surface area (Å²) in [5, 5.41) is 18.1.